The van der Waals surface area contributed by atoms with Gasteiger partial charge in [-0.3, -0.25) is 0 Å². The predicted octanol–water partition coefficient (Wildman–Crippen LogP) is 2.79. The van der Waals surface area contributed by atoms with Crippen molar-refractivity contribution in [1.82, 2.24) is 4.72 Å². The second-order valence-corrected chi connectivity index (χ2v) is 8.25. The number of hydrogen-bond acceptors (Lipinski definition) is 4. The maximum absolute atomic E-state index is 12.4. The van der Waals surface area contributed by atoms with Crippen molar-refractivity contribution in [2.24, 2.45) is 0 Å². The lowest BCUT2D eigenvalue weighted by atomic mass is 10.2. The van der Waals surface area contributed by atoms with Gasteiger partial charge in [-0.05, 0) is 43.7 Å². The molecule has 7 heteroatoms. The van der Waals surface area contributed by atoms with Crippen molar-refractivity contribution >= 4 is 39.1 Å². The molecule has 1 saturated carbocycles. The van der Waals surface area contributed by atoms with Crippen LogP contribution in [0, 0.1) is 6.92 Å². The van der Waals surface area contributed by atoms with Gasteiger partial charge < -0.3 is 5.73 Å². The molecule has 1 aromatic carbocycles. The zero-order chi connectivity index (χ0) is 14.9. The average Bonchev–Trinajstić information content (AvgIpc) is 2.81. The summed E-state index contributed by atoms with van der Waals surface area (Å²) in [5.41, 5.74) is 6.71. The quantitative estimate of drug-likeness (QED) is 0.830. The Morgan fingerprint density at radius 1 is 1.40 bits per heavy atom. The Labute approximate surface area is 129 Å². The molecule has 1 fully saturated rings. The molecule has 0 radical (unpaired) electrons. The fourth-order valence-electron chi connectivity index (χ4n) is 2.53. The van der Waals surface area contributed by atoms with Crippen LogP contribution >= 0.6 is 23.4 Å². The van der Waals surface area contributed by atoms with E-state index in [1.54, 1.807) is 24.8 Å². The maximum atomic E-state index is 12.4. The molecule has 4 nitrogen and oxygen atoms in total. The molecule has 112 valence electrons. The van der Waals surface area contributed by atoms with E-state index in [9.17, 15) is 8.42 Å². The number of rotatable bonds is 4. The van der Waals surface area contributed by atoms with E-state index >= 15 is 0 Å². The zero-order valence-electron chi connectivity index (χ0n) is 11.5. The lowest BCUT2D eigenvalue weighted by Crippen LogP contribution is -2.38. The molecule has 0 heterocycles. The summed E-state index contributed by atoms with van der Waals surface area (Å²) in [5.74, 6) is 0. The van der Waals surface area contributed by atoms with Gasteiger partial charge in [0, 0.05) is 11.3 Å². The van der Waals surface area contributed by atoms with Crippen LogP contribution in [0.15, 0.2) is 17.0 Å². The summed E-state index contributed by atoms with van der Waals surface area (Å²) < 4.78 is 27.7. The second-order valence-electron chi connectivity index (χ2n) is 5.08. The van der Waals surface area contributed by atoms with E-state index in [-0.39, 0.29) is 10.9 Å². The highest BCUT2D eigenvalue weighted by Crippen LogP contribution is 2.31. The Balaban J connectivity index is 2.27. The molecule has 2 rings (SSSR count). The van der Waals surface area contributed by atoms with Crippen LogP contribution < -0.4 is 10.5 Å². The third kappa shape index (κ3) is 3.24. The first-order valence-corrected chi connectivity index (χ1v) is 9.61. The van der Waals surface area contributed by atoms with Crippen LogP contribution in [0.3, 0.4) is 0 Å². The summed E-state index contributed by atoms with van der Waals surface area (Å²) in [6, 6.07) is 2.97. The molecular weight excluding hydrogens is 316 g/mol. The molecule has 0 aliphatic heterocycles. The number of halogens is 1. The molecule has 1 aliphatic rings. The molecule has 0 amide bonds. The van der Waals surface area contributed by atoms with Crippen LogP contribution in [-0.4, -0.2) is 26.0 Å². The lowest BCUT2D eigenvalue weighted by molar-refractivity contribution is 0.555. The highest BCUT2D eigenvalue weighted by molar-refractivity contribution is 7.99. The fourth-order valence-corrected chi connectivity index (χ4v) is 5.09. The number of hydrogen-bond donors (Lipinski definition) is 2. The summed E-state index contributed by atoms with van der Waals surface area (Å²) in [5, 5.41) is 0.752. The summed E-state index contributed by atoms with van der Waals surface area (Å²) in [7, 11) is -3.55. The van der Waals surface area contributed by atoms with Gasteiger partial charge >= 0.3 is 0 Å². The van der Waals surface area contributed by atoms with Gasteiger partial charge in [0.2, 0.25) is 10.0 Å². The molecule has 1 aromatic rings. The first-order chi connectivity index (χ1) is 9.35. The smallest absolute Gasteiger partial charge is 0.240 e. The molecule has 2 atom stereocenters. The SMILES string of the molecule is CSC1CCCC1NS(=O)(=O)c1cc(C)c(Cl)c(N)c1. The maximum Gasteiger partial charge on any atom is 0.240 e. The van der Waals surface area contributed by atoms with Crippen LogP contribution in [0.4, 0.5) is 5.69 Å². The molecule has 1 aliphatic carbocycles. The molecule has 20 heavy (non-hydrogen) atoms. The standard InChI is InChI=1S/C13H19ClN2O2S2/c1-8-6-9(7-10(15)13(8)14)20(17,18)16-11-4-3-5-12(11)19-2/h6-7,11-12,16H,3-5,15H2,1-2H3. The molecule has 0 saturated heterocycles. The third-order valence-corrected chi connectivity index (χ3v) is 6.78. The predicted molar refractivity (Wildman–Crippen MR) is 85.9 cm³/mol. The Bertz CT molecular complexity index is 581. The van der Waals surface area contributed by atoms with Crippen LogP contribution in [0.2, 0.25) is 5.02 Å². The summed E-state index contributed by atoms with van der Waals surface area (Å²) in [4.78, 5) is 0.184. The highest BCUT2D eigenvalue weighted by atomic mass is 35.5. The van der Waals surface area contributed by atoms with Gasteiger partial charge in [0.1, 0.15) is 0 Å². The van der Waals surface area contributed by atoms with E-state index in [4.69, 9.17) is 17.3 Å². The zero-order valence-corrected chi connectivity index (χ0v) is 13.9. The average molecular weight is 335 g/mol. The first kappa shape index (κ1) is 15.9. The number of nitrogen functional groups attached to an aromatic ring is 1. The van der Waals surface area contributed by atoms with Crippen molar-refractivity contribution in [2.75, 3.05) is 12.0 Å². The lowest BCUT2D eigenvalue weighted by Gasteiger charge is -2.19. The minimum atomic E-state index is -3.55. The van der Waals surface area contributed by atoms with E-state index in [0.717, 1.165) is 19.3 Å². The van der Waals surface area contributed by atoms with Crippen LogP contribution in [-0.2, 0) is 10.0 Å². The number of benzene rings is 1. The van der Waals surface area contributed by atoms with Crippen LogP contribution in [0.25, 0.3) is 0 Å². The molecule has 2 unspecified atom stereocenters. The van der Waals surface area contributed by atoms with Gasteiger partial charge in [0.15, 0.2) is 0 Å². The molecule has 3 N–H and O–H groups in total. The number of anilines is 1. The van der Waals surface area contributed by atoms with Gasteiger partial charge in [-0.25, -0.2) is 13.1 Å². The molecule has 0 bridgehead atoms. The van der Waals surface area contributed by atoms with Crippen molar-refractivity contribution in [2.45, 2.75) is 42.4 Å². The largest absolute Gasteiger partial charge is 0.397 e. The van der Waals surface area contributed by atoms with Crippen molar-refractivity contribution in [1.29, 1.82) is 0 Å². The van der Waals surface area contributed by atoms with E-state index in [0.29, 0.717) is 21.5 Å². The third-order valence-electron chi connectivity index (χ3n) is 3.63. The number of sulfonamides is 1. The number of thioether (sulfide) groups is 1. The highest BCUT2D eigenvalue weighted by Gasteiger charge is 2.31. The van der Waals surface area contributed by atoms with Crippen molar-refractivity contribution in [3.63, 3.8) is 0 Å². The minimum absolute atomic E-state index is 0.00721. The van der Waals surface area contributed by atoms with Crippen molar-refractivity contribution in [3.8, 4) is 0 Å². The number of nitrogens with one attached hydrogen (secondary N) is 1. The normalized spacial score (nSPS) is 23.1. The van der Waals surface area contributed by atoms with E-state index in [1.165, 1.54) is 6.07 Å². The molecule has 0 spiro atoms. The fraction of sp³-hybridized carbons (Fsp3) is 0.538. The summed E-state index contributed by atoms with van der Waals surface area (Å²) in [6.07, 6.45) is 5.01. The molecular formula is C13H19ClN2O2S2. The number of nitrogens with two attached hydrogens (primary N) is 1. The van der Waals surface area contributed by atoms with Crippen molar-refractivity contribution < 1.29 is 8.42 Å². The van der Waals surface area contributed by atoms with E-state index < -0.39 is 10.0 Å². The topological polar surface area (TPSA) is 72.2 Å². The van der Waals surface area contributed by atoms with Crippen LogP contribution in [0.5, 0.6) is 0 Å². The van der Waals surface area contributed by atoms with Crippen LogP contribution in [0.1, 0.15) is 24.8 Å². The molecule has 0 aromatic heterocycles. The number of aryl methyl sites for hydroxylation is 1. The van der Waals surface area contributed by atoms with Gasteiger partial charge in [-0.1, -0.05) is 18.0 Å². The van der Waals surface area contributed by atoms with Gasteiger partial charge in [-0.15, -0.1) is 0 Å². The Hall–Kier alpha value is -0.430. The van der Waals surface area contributed by atoms with E-state index in [2.05, 4.69) is 4.72 Å². The van der Waals surface area contributed by atoms with Gasteiger partial charge in [-0.2, -0.15) is 11.8 Å². The second kappa shape index (κ2) is 6.13. The monoisotopic (exact) mass is 334 g/mol. The minimum Gasteiger partial charge on any atom is -0.397 e. The van der Waals surface area contributed by atoms with Gasteiger partial charge in [0.25, 0.3) is 0 Å². The summed E-state index contributed by atoms with van der Waals surface area (Å²) >= 11 is 7.68. The summed E-state index contributed by atoms with van der Waals surface area (Å²) in [6.45, 7) is 1.75. The Kier molecular flexibility index (Phi) is 4.89. The Morgan fingerprint density at radius 3 is 2.70 bits per heavy atom. The van der Waals surface area contributed by atoms with Crippen molar-refractivity contribution in [3.05, 3.63) is 22.7 Å². The van der Waals surface area contributed by atoms with E-state index in [1.807, 2.05) is 6.26 Å². The first-order valence-electron chi connectivity index (χ1n) is 6.46. The Morgan fingerprint density at radius 2 is 2.10 bits per heavy atom. The van der Waals surface area contributed by atoms with Gasteiger partial charge in [0.05, 0.1) is 15.6 Å².